The molecule has 2 aromatic carbocycles. The number of carbonyl (C=O) groups excluding carboxylic acids is 1. The molecule has 1 amide bonds. The predicted octanol–water partition coefficient (Wildman–Crippen LogP) is 4.05. The molecule has 1 heterocycles. The van der Waals surface area contributed by atoms with E-state index in [1.165, 1.54) is 28.4 Å². The van der Waals surface area contributed by atoms with Crippen molar-refractivity contribution in [2.24, 2.45) is 11.7 Å². The molecule has 0 saturated carbocycles. The maximum Gasteiger partial charge on any atom is 0.248 e. The molecular weight excluding hydrogens is 404 g/mol. The van der Waals surface area contributed by atoms with Gasteiger partial charge in [-0.3, -0.25) is 4.79 Å². The molecule has 1 fully saturated rings. The van der Waals surface area contributed by atoms with Crippen LogP contribution in [0.25, 0.3) is 0 Å². The van der Waals surface area contributed by atoms with Crippen LogP contribution in [0.3, 0.4) is 0 Å². The normalized spacial score (nSPS) is 15.6. The van der Waals surface area contributed by atoms with Gasteiger partial charge in [-0.25, -0.2) is 0 Å². The summed E-state index contributed by atoms with van der Waals surface area (Å²) in [5, 5.41) is 0. The first-order chi connectivity index (χ1) is 13.0. The number of rotatable bonds is 7. The molecule has 0 bridgehead atoms. The van der Waals surface area contributed by atoms with Crippen molar-refractivity contribution in [3.63, 3.8) is 0 Å². The van der Waals surface area contributed by atoms with Crippen molar-refractivity contribution >= 4 is 21.8 Å². The first kappa shape index (κ1) is 19.9. The third-order valence-corrected chi connectivity index (χ3v) is 6.17. The molecule has 1 aliphatic heterocycles. The number of halogens is 1. The maximum atomic E-state index is 11.3. The number of hydrogen-bond donors (Lipinski definition) is 1. The van der Waals surface area contributed by atoms with Crippen molar-refractivity contribution < 1.29 is 9.53 Å². The van der Waals surface area contributed by atoms with Gasteiger partial charge >= 0.3 is 0 Å². The number of benzene rings is 2. The second kappa shape index (κ2) is 9.38. The zero-order chi connectivity index (χ0) is 19.2. The Bertz CT molecular complexity index is 786. The highest BCUT2D eigenvalue weighted by Gasteiger charge is 2.20. The molecule has 0 atom stereocenters. The summed E-state index contributed by atoms with van der Waals surface area (Å²) in [6, 6.07) is 13.9. The standard InChI is InChI=1S/C22H27BrN2O2/c1-27-20-5-6-21(23)19(15-20)14-17-8-11-25(12-9-17)10-7-16-3-2-4-18(13-16)22(24)26/h2-6,13,15,17H,7-12,14H2,1H3,(H2,24,26). The maximum absolute atomic E-state index is 11.3. The number of nitrogens with zero attached hydrogens (tertiary/aromatic N) is 1. The topological polar surface area (TPSA) is 55.6 Å². The molecule has 1 saturated heterocycles. The van der Waals surface area contributed by atoms with Crippen molar-refractivity contribution in [2.75, 3.05) is 26.7 Å². The molecule has 0 aliphatic carbocycles. The molecule has 4 nitrogen and oxygen atoms in total. The first-order valence-electron chi connectivity index (χ1n) is 9.48. The fraction of sp³-hybridized carbons (Fsp3) is 0.409. The summed E-state index contributed by atoms with van der Waals surface area (Å²) in [6.07, 6.45) is 4.47. The van der Waals surface area contributed by atoms with E-state index in [9.17, 15) is 4.79 Å². The predicted molar refractivity (Wildman–Crippen MR) is 112 cm³/mol. The average molecular weight is 431 g/mol. The molecule has 1 aliphatic rings. The Morgan fingerprint density at radius 3 is 2.70 bits per heavy atom. The van der Waals surface area contributed by atoms with Crippen LogP contribution in [-0.4, -0.2) is 37.6 Å². The number of nitrogens with two attached hydrogens (primary N) is 1. The smallest absolute Gasteiger partial charge is 0.248 e. The van der Waals surface area contributed by atoms with Gasteiger partial charge in [-0.1, -0.05) is 28.1 Å². The number of ether oxygens (including phenoxy) is 1. The average Bonchev–Trinajstić information content (AvgIpc) is 2.69. The molecular formula is C22H27BrN2O2. The summed E-state index contributed by atoms with van der Waals surface area (Å²) >= 11 is 3.67. The van der Waals surface area contributed by atoms with E-state index in [0.29, 0.717) is 11.5 Å². The van der Waals surface area contributed by atoms with Crippen molar-refractivity contribution in [1.82, 2.24) is 4.90 Å². The SMILES string of the molecule is COc1ccc(Br)c(CC2CCN(CCc3cccc(C(N)=O)c3)CC2)c1. The number of primary amides is 1. The molecule has 0 unspecified atom stereocenters. The second-order valence-electron chi connectivity index (χ2n) is 7.26. The first-order valence-corrected chi connectivity index (χ1v) is 10.3. The lowest BCUT2D eigenvalue weighted by molar-refractivity contribution is 0.1000. The van der Waals surface area contributed by atoms with E-state index < -0.39 is 0 Å². The summed E-state index contributed by atoms with van der Waals surface area (Å²) in [6.45, 7) is 3.28. The lowest BCUT2D eigenvalue weighted by atomic mass is 9.90. The fourth-order valence-electron chi connectivity index (χ4n) is 3.73. The number of methoxy groups -OCH3 is 1. The van der Waals surface area contributed by atoms with Crippen LogP contribution in [0, 0.1) is 5.92 Å². The molecule has 5 heteroatoms. The van der Waals surface area contributed by atoms with Gasteiger partial charge < -0.3 is 15.4 Å². The Balaban J connectivity index is 1.48. The number of hydrogen-bond acceptors (Lipinski definition) is 3. The van der Waals surface area contributed by atoms with Gasteiger partial charge in [0.15, 0.2) is 0 Å². The van der Waals surface area contributed by atoms with Crippen molar-refractivity contribution in [1.29, 1.82) is 0 Å². The van der Waals surface area contributed by atoms with Crippen LogP contribution in [0.15, 0.2) is 46.9 Å². The molecule has 0 aromatic heterocycles. The summed E-state index contributed by atoms with van der Waals surface area (Å²) in [5.74, 6) is 1.27. The molecule has 144 valence electrons. The summed E-state index contributed by atoms with van der Waals surface area (Å²) < 4.78 is 6.52. The van der Waals surface area contributed by atoms with Crippen LogP contribution in [0.1, 0.15) is 34.3 Å². The van der Waals surface area contributed by atoms with Gasteiger partial charge in [0.2, 0.25) is 5.91 Å². The van der Waals surface area contributed by atoms with Gasteiger partial charge in [0.1, 0.15) is 5.75 Å². The fourth-order valence-corrected chi connectivity index (χ4v) is 4.14. The highest BCUT2D eigenvalue weighted by molar-refractivity contribution is 9.10. The molecule has 2 N–H and O–H groups in total. The van der Waals surface area contributed by atoms with Gasteiger partial charge in [-0.05, 0) is 86.1 Å². The minimum Gasteiger partial charge on any atom is -0.497 e. The van der Waals surface area contributed by atoms with Crippen LogP contribution in [0.5, 0.6) is 5.75 Å². The Morgan fingerprint density at radius 1 is 1.22 bits per heavy atom. The van der Waals surface area contributed by atoms with Crippen molar-refractivity contribution in [2.45, 2.75) is 25.7 Å². The van der Waals surface area contributed by atoms with Gasteiger partial charge in [-0.15, -0.1) is 0 Å². The van der Waals surface area contributed by atoms with Crippen LogP contribution >= 0.6 is 15.9 Å². The van der Waals surface area contributed by atoms with Gasteiger partial charge in [0.25, 0.3) is 0 Å². The summed E-state index contributed by atoms with van der Waals surface area (Å²) in [5.41, 5.74) is 8.47. The largest absolute Gasteiger partial charge is 0.497 e. The molecule has 2 aromatic rings. The summed E-state index contributed by atoms with van der Waals surface area (Å²) in [7, 11) is 1.71. The third-order valence-electron chi connectivity index (χ3n) is 5.40. The Morgan fingerprint density at radius 2 is 2.00 bits per heavy atom. The van der Waals surface area contributed by atoms with Crippen LogP contribution in [0.2, 0.25) is 0 Å². The quantitative estimate of drug-likeness (QED) is 0.720. The minimum absolute atomic E-state index is 0.360. The minimum atomic E-state index is -0.360. The zero-order valence-electron chi connectivity index (χ0n) is 15.8. The van der Waals surface area contributed by atoms with E-state index in [1.807, 2.05) is 18.2 Å². The van der Waals surface area contributed by atoms with Gasteiger partial charge in [0.05, 0.1) is 7.11 Å². The highest BCUT2D eigenvalue weighted by Crippen LogP contribution is 2.28. The molecule has 0 spiro atoms. The zero-order valence-corrected chi connectivity index (χ0v) is 17.4. The van der Waals surface area contributed by atoms with E-state index in [2.05, 4.69) is 39.0 Å². The number of amides is 1. The van der Waals surface area contributed by atoms with Crippen LogP contribution < -0.4 is 10.5 Å². The molecule has 0 radical (unpaired) electrons. The van der Waals surface area contributed by atoms with E-state index in [-0.39, 0.29) is 5.91 Å². The molecule has 3 rings (SSSR count). The lowest BCUT2D eigenvalue weighted by Crippen LogP contribution is -2.35. The Labute approximate surface area is 169 Å². The summed E-state index contributed by atoms with van der Waals surface area (Å²) in [4.78, 5) is 13.8. The monoisotopic (exact) mass is 430 g/mol. The van der Waals surface area contributed by atoms with E-state index in [1.54, 1.807) is 13.2 Å². The van der Waals surface area contributed by atoms with Crippen LogP contribution in [-0.2, 0) is 12.8 Å². The third kappa shape index (κ3) is 5.56. The number of piperidine rings is 1. The second-order valence-corrected chi connectivity index (χ2v) is 8.12. The van der Waals surface area contributed by atoms with Crippen LogP contribution in [0.4, 0.5) is 0 Å². The van der Waals surface area contributed by atoms with E-state index in [0.717, 1.165) is 38.2 Å². The van der Waals surface area contributed by atoms with E-state index >= 15 is 0 Å². The Kier molecular flexibility index (Phi) is 6.91. The Hall–Kier alpha value is -1.85. The number of carbonyl (C=O) groups is 1. The van der Waals surface area contributed by atoms with Gasteiger partial charge in [0, 0.05) is 16.6 Å². The highest BCUT2D eigenvalue weighted by atomic mass is 79.9. The number of likely N-dealkylation sites (tertiary alicyclic amines) is 1. The molecule has 27 heavy (non-hydrogen) atoms. The van der Waals surface area contributed by atoms with E-state index in [4.69, 9.17) is 10.5 Å². The lowest BCUT2D eigenvalue weighted by Gasteiger charge is -2.32. The van der Waals surface area contributed by atoms with Crippen molar-refractivity contribution in [3.05, 3.63) is 63.6 Å². The van der Waals surface area contributed by atoms with Crippen molar-refractivity contribution in [3.8, 4) is 5.75 Å². The van der Waals surface area contributed by atoms with Gasteiger partial charge in [-0.2, -0.15) is 0 Å².